The topological polar surface area (TPSA) is 25.8 Å². The van der Waals surface area contributed by atoms with Crippen LogP contribution in [0, 0.1) is 0 Å². The van der Waals surface area contributed by atoms with E-state index in [1.807, 2.05) is 18.5 Å². The zero-order valence-electron chi connectivity index (χ0n) is 16.1. The van der Waals surface area contributed by atoms with Gasteiger partial charge in [0.1, 0.15) is 0 Å². The molecule has 0 saturated heterocycles. The summed E-state index contributed by atoms with van der Waals surface area (Å²) in [5.74, 6) is 0. The molecular weight excluding hydrogens is 546 g/mol. The van der Waals surface area contributed by atoms with Crippen molar-refractivity contribution >= 4 is 34.0 Å². The summed E-state index contributed by atoms with van der Waals surface area (Å²) in [6, 6.07) is 32.1. The number of fused-ring (bicyclic) bond motifs is 4. The Hall–Kier alpha value is -3.03. The van der Waals surface area contributed by atoms with Gasteiger partial charge in [0.2, 0.25) is 0 Å². The van der Waals surface area contributed by atoms with Gasteiger partial charge in [0, 0.05) is 28.9 Å². The molecule has 0 saturated carbocycles. The van der Waals surface area contributed by atoms with Crippen LogP contribution in [0.5, 0.6) is 0 Å². The SMILES string of the molecule is [Pt+2].c1ccc(B2c3ccccc3-c3ccc(-c4nccc5ccccc45)cc32)nc1. The molecule has 4 heteroatoms. The van der Waals surface area contributed by atoms with Crippen molar-refractivity contribution in [1.82, 2.24) is 9.97 Å². The third-order valence-electron chi connectivity index (χ3n) is 5.86. The minimum Gasteiger partial charge on any atom is -0.270 e. The van der Waals surface area contributed by atoms with Crippen molar-refractivity contribution in [1.29, 1.82) is 0 Å². The fourth-order valence-corrected chi connectivity index (χ4v) is 4.57. The van der Waals surface area contributed by atoms with Crippen LogP contribution in [0.15, 0.2) is 103 Å². The molecule has 30 heavy (non-hydrogen) atoms. The molecule has 3 aromatic carbocycles. The number of rotatable bonds is 2. The fraction of sp³-hybridized carbons (Fsp3) is 0. The van der Waals surface area contributed by atoms with Gasteiger partial charge in [0.05, 0.1) is 5.69 Å². The minimum absolute atomic E-state index is 0. The van der Waals surface area contributed by atoms with Crippen LogP contribution in [0.25, 0.3) is 33.2 Å². The first-order valence-corrected chi connectivity index (χ1v) is 9.88. The molecule has 0 fully saturated rings. The Bertz CT molecular complexity index is 1360. The van der Waals surface area contributed by atoms with Crippen molar-refractivity contribution in [3.63, 3.8) is 0 Å². The predicted molar refractivity (Wildman–Crippen MR) is 122 cm³/mol. The average Bonchev–Trinajstić information content (AvgIpc) is 3.13. The summed E-state index contributed by atoms with van der Waals surface area (Å²) in [5, 5.41) is 2.39. The molecule has 0 N–H and O–H groups in total. The molecule has 2 nitrogen and oxygen atoms in total. The van der Waals surface area contributed by atoms with Crippen LogP contribution in [-0.4, -0.2) is 16.7 Å². The summed E-state index contributed by atoms with van der Waals surface area (Å²) in [4.78, 5) is 9.43. The Morgan fingerprint density at radius 1 is 0.600 bits per heavy atom. The summed E-state index contributed by atoms with van der Waals surface area (Å²) >= 11 is 0. The van der Waals surface area contributed by atoms with Crippen LogP contribution in [0.4, 0.5) is 0 Å². The third-order valence-corrected chi connectivity index (χ3v) is 5.86. The fourth-order valence-electron chi connectivity index (χ4n) is 4.57. The maximum absolute atomic E-state index is 4.73. The largest absolute Gasteiger partial charge is 2.00 e. The van der Waals surface area contributed by atoms with Gasteiger partial charge in [-0.25, -0.2) is 0 Å². The number of nitrogens with zero attached hydrogens (tertiary/aromatic N) is 2. The Labute approximate surface area is 190 Å². The number of benzene rings is 3. The van der Waals surface area contributed by atoms with Gasteiger partial charge in [0.15, 0.2) is 0 Å². The first-order valence-electron chi connectivity index (χ1n) is 9.88. The van der Waals surface area contributed by atoms with E-state index in [9.17, 15) is 0 Å². The number of pyridine rings is 2. The monoisotopic (exact) mass is 563 g/mol. The zero-order valence-corrected chi connectivity index (χ0v) is 18.4. The molecule has 0 unspecified atom stereocenters. The minimum atomic E-state index is 0. The summed E-state index contributed by atoms with van der Waals surface area (Å²) in [7, 11) is 0. The van der Waals surface area contributed by atoms with Crippen LogP contribution in [0.2, 0.25) is 0 Å². The molecule has 0 aliphatic carbocycles. The van der Waals surface area contributed by atoms with Gasteiger partial charge in [-0.05, 0) is 34.7 Å². The second kappa shape index (κ2) is 7.66. The average molecular weight is 563 g/mol. The summed E-state index contributed by atoms with van der Waals surface area (Å²) in [6.45, 7) is 0.150. The van der Waals surface area contributed by atoms with Crippen LogP contribution in [-0.2, 0) is 21.1 Å². The maximum atomic E-state index is 4.73. The van der Waals surface area contributed by atoms with Gasteiger partial charge >= 0.3 is 21.1 Å². The van der Waals surface area contributed by atoms with E-state index < -0.39 is 0 Å². The van der Waals surface area contributed by atoms with Gasteiger partial charge in [-0.1, -0.05) is 83.7 Å². The van der Waals surface area contributed by atoms with Crippen LogP contribution in [0.1, 0.15) is 0 Å². The zero-order chi connectivity index (χ0) is 19.2. The van der Waals surface area contributed by atoms with E-state index in [1.54, 1.807) is 0 Å². The maximum Gasteiger partial charge on any atom is 2.00 e. The summed E-state index contributed by atoms with van der Waals surface area (Å²) in [5.41, 5.74) is 8.48. The molecule has 1 aliphatic rings. The summed E-state index contributed by atoms with van der Waals surface area (Å²) in [6.07, 6.45) is 3.78. The van der Waals surface area contributed by atoms with E-state index in [0.717, 1.165) is 16.9 Å². The van der Waals surface area contributed by atoms with Crippen molar-refractivity contribution in [3.8, 4) is 22.4 Å². The normalized spacial score (nSPS) is 11.7. The molecule has 1 aliphatic heterocycles. The first-order chi connectivity index (χ1) is 14.4. The van der Waals surface area contributed by atoms with Crippen molar-refractivity contribution in [2.75, 3.05) is 0 Å². The molecule has 0 amide bonds. The van der Waals surface area contributed by atoms with E-state index in [1.165, 1.54) is 32.8 Å². The van der Waals surface area contributed by atoms with Crippen molar-refractivity contribution in [2.45, 2.75) is 0 Å². The van der Waals surface area contributed by atoms with Crippen LogP contribution >= 0.6 is 0 Å². The molecule has 0 atom stereocenters. The summed E-state index contributed by atoms with van der Waals surface area (Å²) < 4.78 is 0. The predicted octanol–water partition coefficient (Wildman–Crippen LogP) is 3.79. The molecule has 0 bridgehead atoms. The standard InChI is InChI=1S/C26H17BN2.Pt/c1-2-8-20-18(7-1)14-16-29-26(20)19-12-13-22-21-9-3-4-10-23(21)27(24(22)17-19)25-11-5-6-15-28-25;/h1-17H;/q;+2. The van der Waals surface area contributed by atoms with Crippen molar-refractivity contribution < 1.29 is 21.1 Å². The van der Waals surface area contributed by atoms with Crippen LogP contribution in [0.3, 0.4) is 0 Å². The second-order valence-electron chi connectivity index (χ2n) is 7.46. The Morgan fingerprint density at radius 3 is 2.30 bits per heavy atom. The molecule has 0 spiro atoms. The molecule has 2 aromatic heterocycles. The van der Waals surface area contributed by atoms with E-state index in [-0.39, 0.29) is 27.8 Å². The molecule has 0 radical (unpaired) electrons. The van der Waals surface area contributed by atoms with E-state index >= 15 is 0 Å². The molecule has 3 heterocycles. The second-order valence-corrected chi connectivity index (χ2v) is 7.46. The first kappa shape index (κ1) is 19.0. The number of hydrogen-bond acceptors (Lipinski definition) is 2. The molecule has 142 valence electrons. The van der Waals surface area contributed by atoms with E-state index in [0.29, 0.717) is 0 Å². The number of aromatic nitrogens is 2. The van der Waals surface area contributed by atoms with Gasteiger partial charge in [-0.3, -0.25) is 9.97 Å². The Morgan fingerprint density at radius 2 is 1.40 bits per heavy atom. The molecular formula is C26H17BN2Pt+2. The third kappa shape index (κ3) is 2.93. The van der Waals surface area contributed by atoms with E-state index in [4.69, 9.17) is 9.97 Å². The van der Waals surface area contributed by atoms with Gasteiger partial charge in [0.25, 0.3) is 6.71 Å². The van der Waals surface area contributed by atoms with Crippen molar-refractivity contribution in [2.24, 2.45) is 0 Å². The van der Waals surface area contributed by atoms with Crippen molar-refractivity contribution in [3.05, 3.63) is 103 Å². The Balaban J connectivity index is 0.00000193. The van der Waals surface area contributed by atoms with E-state index in [2.05, 4.69) is 84.9 Å². The van der Waals surface area contributed by atoms with Gasteiger partial charge < -0.3 is 0 Å². The number of hydrogen-bond donors (Lipinski definition) is 0. The van der Waals surface area contributed by atoms with Gasteiger partial charge in [-0.2, -0.15) is 0 Å². The molecule has 5 aromatic rings. The van der Waals surface area contributed by atoms with Crippen LogP contribution < -0.4 is 16.5 Å². The smallest absolute Gasteiger partial charge is 0.270 e. The Kier molecular flexibility index (Phi) is 4.85. The molecule has 6 rings (SSSR count). The van der Waals surface area contributed by atoms with Gasteiger partial charge in [-0.15, -0.1) is 0 Å². The quantitative estimate of drug-likeness (QED) is 0.300.